The van der Waals surface area contributed by atoms with E-state index < -0.39 is 0 Å². The molecule has 0 spiro atoms. The van der Waals surface area contributed by atoms with Crippen LogP contribution in [0.15, 0.2) is 48.5 Å². The number of benzene rings is 2. The predicted molar refractivity (Wildman–Crippen MR) is 88.2 cm³/mol. The van der Waals surface area contributed by atoms with Crippen LogP contribution in [0.3, 0.4) is 0 Å². The molecule has 3 heteroatoms. The van der Waals surface area contributed by atoms with Crippen LogP contribution < -0.4 is 16.4 Å². The van der Waals surface area contributed by atoms with Gasteiger partial charge < -0.3 is 16.4 Å². The van der Waals surface area contributed by atoms with Crippen molar-refractivity contribution in [2.45, 2.75) is 20.3 Å². The Labute approximate surface area is 121 Å². The second-order valence-corrected chi connectivity index (χ2v) is 5.48. The molecule has 2 rings (SSSR count). The molecular formula is C17H23N3. The van der Waals surface area contributed by atoms with Crippen LogP contribution in [-0.2, 0) is 0 Å². The number of hydrogen-bond donors (Lipinski definition) is 2. The number of nitrogens with zero attached hydrogens (tertiary/aromatic N) is 1. The summed E-state index contributed by atoms with van der Waals surface area (Å²) in [4.78, 5) is 2.26. The van der Waals surface area contributed by atoms with Gasteiger partial charge in [0.05, 0.1) is 11.4 Å². The summed E-state index contributed by atoms with van der Waals surface area (Å²) in [6.07, 6.45) is 1.11. The first-order valence-corrected chi connectivity index (χ1v) is 7.05. The molecular weight excluding hydrogens is 246 g/mol. The molecule has 0 heterocycles. The van der Waals surface area contributed by atoms with Crippen molar-refractivity contribution >= 4 is 22.7 Å². The minimum atomic E-state index is 0.649. The smallest absolute Gasteiger partial charge is 0.0644 e. The van der Waals surface area contributed by atoms with Crippen LogP contribution in [0.5, 0.6) is 0 Å². The van der Waals surface area contributed by atoms with E-state index in [1.54, 1.807) is 0 Å². The van der Waals surface area contributed by atoms with Gasteiger partial charge in [-0.15, -0.1) is 0 Å². The highest BCUT2D eigenvalue weighted by Crippen LogP contribution is 2.31. The Morgan fingerprint density at radius 2 is 1.60 bits per heavy atom. The van der Waals surface area contributed by atoms with Crippen molar-refractivity contribution in [2.75, 3.05) is 22.9 Å². The van der Waals surface area contributed by atoms with Crippen molar-refractivity contribution in [3.8, 4) is 0 Å². The second-order valence-electron chi connectivity index (χ2n) is 5.48. The molecule has 2 aromatic carbocycles. The van der Waals surface area contributed by atoms with E-state index in [-0.39, 0.29) is 0 Å². The van der Waals surface area contributed by atoms with Crippen LogP contribution >= 0.6 is 0 Å². The Morgan fingerprint density at radius 3 is 2.20 bits per heavy atom. The Kier molecular flexibility index (Phi) is 4.51. The van der Waals surface area contributed by atoms with Crippen molar-refractivity contribution in [3.05, 3.63) is 48.5 Å². The van der Waals surface area contributed by atoms with Crippen molar-refractivity contribution in [1.82, 2.24) is 0 Å². The number of hydrogen-bond acceptors (Lipinski definition) is 3. The highest BCUT2D eigenvalue weighted by atomic mass is 15.1. The lowest BCUT2D eigenvalue weighted by molar-refractivity contribution is 0.591. The molecule has 106 valence electrons. The number of nitrogen functional groups attached to an aromatic ring is 2. The molecule has 0 saturated carbocycles. The zero-order valence-electron chi connectivity index (χ0n) is 12.2. The minimum absolute atomic E-state index is 0.649. The predicted octanol–water partition coefficient (Wildman–Crippen LogP) is 4.04. The maximum atomic E-state index is 6.13. The SMILES string of the molecule is CC(C)CCN(c1ccc(N)cc1)c1ccccc1N. The molecule has 0 aromatic heterocycles. The zero-order chi connectivity index (χ0) is 14.5. The average Bonchev–Trinajstić information content (AvgIpc) is 2.42. The Morgan fingerprint density at radius 1 is 0.950 bits per heavy atom. The minimum Gasteiger partial charge on any atom is -0.399 e. The second kappa shape index (κ2) is 6.33. The Bertz CT molecular complexity index is 546. The van der Waals surface area contributed by atoms with Gasteiger partial charge in [0.15, 0.2) is 0 Å². The normalized spacial score (nSPS) is 10.8. The lowest BCUT2D eigenvalue weighted by Crippen LogP contribution is -2.20. The highest BCUT2D eigenvalue weighted by molar-refractivity contribution is 5.75. The van der Waals surface area contributed by atoms with Crippen LogP contribution in [0, 0.1) is 5.92 Å². The van der Waals surface area contributed by atoms with Crippen LogP contribution in [0.1, 0.15) is 20.3 Å². The lowest BCUT2D eigenvalue weighted by Gasteiger charge is -2.27. The fourth-order valence-electron chi connectivity index (χ4n) is 2.16. The topological polar surface area (TPSA) is 55.3 Å². The van der Waals surface area contributed by atoms with E-state index in [0.29, 0.717) is 5.92 Å². The molecule has 0 amide bonds. The van der Waals surface area contributed by atoms with Gasteiger partial charge in [0.1, 0.15) is 0 Å². The fourth-order valence-corrected chi connectivity index (χ4v) is 2.16. The average molecular weight is 269 g/mol. The summed E-state index contributed by atoms with van der Waals surface area (Å²) in [5.74, 6) is 0.649. The van der Waals surface area contributed by atoms with E-state index in [1.807, 2.05) is 42.5 Å². The maximum absolute atomic E-state index is 6.13. The number of anilines is 4. The summed E-state index contributed by atoms with van der Waals surface area (Å²) in [5.41, 5.74) is 15.7. The van der Waals surface area contributed by atoms with Crippen molar-refractivity contribution in [3.63, 3.8) is 0 Å². The Hall–Kier alpha value is -2.16. The zero-order valence-corrected chi connectivity index (χ0v) is 12.2. The number of rotatable bonds is 5. The van der Waals surface area contributed by atoms with Crippen molar-refractivity contribution in [1.29, 1.82) is 0 Å². The third kappa shape index (κ3) is 3.44. The highest BCUT2D eigenvalue weighted by Gasteiger charge is 2.12. The van der Waals surface area contributed by atoms with E-state index in [1.165, 1.54) is 0 Å². The summed E-state index contributed by atoms with van der Waals surface area (Å²) in [6.45, 7) is 5.40. The van der Waals surface area contributed by atoms with Gasteiger partial charge >= 0.3 is 0 Å². The first-order valence-electron chi connectivity index (χ1n) is 7.05. The van der Waals surface area contributed by atoms with Gasteiger partial charge in [-0.3, -0.25) is 0 Å². The molecule has 0 unspecified atom stereocenters. The first-order chi connectivity index (χ1) is 9.58. The molecule has 0 aliphatic heterocycles. The van der Waals surface area contributed by atoms with Crippen LogP contribution in [-0.4, -0.2) is 6.54 Å². The molecule has 2 aromatic rings. The summed E-state index contributed by atoms with van der Waals surface area (Å²) < 4.78 is 0. The van der Waals surface area contributed by atoms with E-state index in [0.717, 1.165) is 35.7 Å². The summed E-state index contributed by atoms with van der Waals surface area (Å²) >= 11 is 0. The monoisotopic (exact) mass is 269 g/mol. The molecule has 0 aliphatic rings. The molecule has 0 bridgehead atoms. The third-order valence-electron chi connectivity index (χ3n) is 3.36. The van der Waals surface area contributed by atoms with Gasteiger partial charge in [0.2, 0.25) is 0 Å². The summed E-state index contributed by atoms with van der Waals surface area (Å²) in [7, 11) is 0. The molecule has 0 radical (unpaired) electrons. The number of para-hydroxylation sites is 2. The van der Waals surface area contributed by atoms with Crippen molar-refractivity contribution < 1.29 is 0 Å². The maximum Gasteiger partial charge on any atom is 0.0644 e. The quantitative estimate of drug-likeness (QED) is 0.806. The third-order valence-corrected chi connectivity index (χ3v) is 3.36. The van der Waals surface area contributed by atoms with Gasteiger partial charge in [-0.2, -0.15) is 0 Å². The molecule has 0 fully saturated rings. The molecule has 0 atom stereocenters. The standard InChI is InChI=1S/C17H23N3/c1-13(2)11-12-20(15-9-7-14(18)8-10-15)17-6-4-3-5-16(17)19/h3-10,13H,11-12,18-19H2,1-2H3. The fraction of sp³-hybridized carbons (Fsp3) is 0.294. The van der Waals surface area contributed by atoms with E-state index >= 15 is 0 Å². The van der Waals surface area contributed by atoms with E-state index in [9.17, 15) is 0 Å². The van der Waals surface area contributed by atoms with Gasteiger partial charge in [-0.1, -0.05) is 26.0 Å². The first kappa shape index (κ1) is 14.3. The van der Waals surface area contributed by atoms with Gasteiger partial charge in [0.25, 0.3) is 0 Å². The number of nitrogens with two attached hydrogens (primary N) is 2. The Balaban J connectivity index is 2.34. The van der Waals surface area contributed by atoms with Crippen LogP contribution in [0.4, 0.5) is 22.7 Å². The van der Waals surface area contributed by atoms with Crippen molar-refractivity contribution in [2.24, 2.45) is 5.92 Å². The van der Waals surface area contributed by atoms with Crippen LogP contribution in [0.2, 0.25) is 0 Å². The molecule has 4 N–H and O–H groups in total. The molecule has 0 aliphatic carbocycles. The lowest BCUT2D eigenvalue weighted by atomic mass is 10.1. The largest absolute Gasteiger partial charge is 0.399 e. The summed E-state index contributed by atoms with van der Waals surface area (Å²) in [5, 5.41) is 0. The molecule has 0 saturated heterocycles. The van der Waals surface area contributed by atoms with E-state index in [4.69, 9.17) is 11.5 Å². The molecule has 20 heavy (non-hydrogen) atoms. The van der Waals surface area contributed by atoms with Gasteiger partial charge in [-0.05, 0) is 48.7 Å². The van der Waals surface area contributed by atoms with Crippen LogP contribution in [0.25, 0.3) is 0 Å². The van der Waals surface area contributed by atoms with Gasteiger partial charge in [0, 0.05) is 17.9 Å². The molecule has 3 nitrogen and oxygen atoms in total. The summed E-state index contributed by atoms with van der Waals surface area (Å²) in [6, 6.07) is 15.9. The van der Waals surface area contributed by atoms with Gasteiger partial charge in [-0.25, -0.2) is 0 Å². The van der Waals surface area contributed by atoms with E-state index in [2.05, 4.69) is 24.8 Å².